The van der Waals surface area contributed by atoms with Gasteiger partial charge in [-0.15, -0.1) is 0 Å². The number of rotatable bonds is 6. The second kappa shape index (κ2) is 7.79. The molecule has 1 amide bonds. The molecule has 0 aromatic heterocycles. The second-order valence-corrected chi connectivity index (χ2v) is 4.94. The summed E-state index contributed by atoms with van der Waals surface area (Å²) in [5, 5.41) is 2.03. The lowest BCUT2D eigenvalue weighted by molar-refractivity contribution is -0.144. The van der Waals surface area contributed by atoms with Gasteiger partial charge in [0.2, 0.25) is 5.91 Å². The standard InChI is InChI=1S/C14H19NO4S/c1-9(14(17)19-3)15-13(16)12(20)8-10-4-6-11(18-2)7-5-10/h4-7,9,12,20H,8H2,1-3H3,(H,15,16)/t9-,12-/m0/s1. The minimum atomic E-state index is -0.682. The first kappa shape index (κ1) is 16.4. The van der Waals surface area contributed by atoms with E-state index in [0.717, 1.165) is 11.3 Å². The quantitative estimate of drug-likeness (QED) is 0.612. The zero-order valence-electron chi connectivity index (χ0n) is 11.8. The highest BCUT2D eigenvalue weighted by atomic mass is 32.1. The van der Waals surface area contributed by atoms with E-state index in [1.54, 1.807) is 14.0 Å². The summed E-state index contributed by atoms with van der Waals surface area (Å²) in [5.74, 6) is -0.0291. The first-order chi connectivity index (χ1) is 9.47. The van der Waals surface area contributed by atoms with Gasteiger partial charge in [-0.1, -0.05) is 12.1 Å². The summed E-state index contributed by atoms with van der Waals surface area (Å²) in [7, 11) is 2.87. The molecule has 0 bridgehead atoms. The number of methoxy groups -OCH3 is 2. The van der Waals surface area contributed by atoms with Crippen LogP contribution in [0.4, 0.5) is 0 Å². The van der Waals surface area contributed by atoms with Crippen LogP contribution in [0.25, 0.3) is 0 Å². The van der Waals surface area contributed by atoms with Crippen LogP contribution >= 0.6 is 12.6 Å². The minimum absolute atomic E-state index is 0.304. The van der Waals surface area contributed by atoms with Gasteiger partial charge >= 0.3 is 5.97 Å². The third-order valence-electron chi connectivity index (χ3n) is 2.80. The van der Waals surface area contributed by atoms with Crippen LogP contribution < -0.4 is 10.1 Å². The van der Waals surface area contributed by atoms with E-state index in [0.29, 0.717) is 6.42 Å². The predicted octanol–water partition coefficient (Wildman–Crippen LogP) is 1.21. The Morgan fingerprint density at radius 3 is 2.35 bits per heavy atom. The Morgan fingerprint density at radius 2 is 1.85 bits per heavy atom. The Bertz CT molecular complexity index is 461. The lowest BCUT2D eigenvalue weighted by atomic mass is 10.1. The lowest BCUT2D eigenvalue weighted by Crippen LogP contribution is -2.43. The number of carbonyl (C=O) groups is 2. The molecule has 0 heterocycles. The van der Waals surface area contributed by atoms with Crippen LogP contribution in [0.1, 0.15) is 12.5 Å². The van der Waals surface area contributed by atoms with E-state index in [1.165, 1.54) is 7.11 Å². The number of ether oxygens (including phenoxy) is 2. The number of nitrogens with one attached hydrogen (secondary N) is 1. The molecule has 1 N–H and O–H groups in total. The van der Waals surface area contributed by atoms with Crippen LogP contribution in [0.2, 0.25) is 0 Å². The molecule has 0 saturated carbocycles. The number of amides is 1. The van der Waals surface area contributed by atoms with Gasteiger partial charge in [0.15, 0.2) is 0 Å². The van der Waals surface area contributed by atoms with Crippen LogP contribution in [-0.2, 0) is 20.7 Å². The third-order valence-corrected chi connectivity index (χ3v) is 3.22. The van der Waals surface area contributed by atoms with Gasteiger partial charge in [-0.3, -0.25) is 4.79 Å². The van der Waals surface area contributed by atoms with Crippen molar-refractivity contribution in [1.29, 1.82) is 0 Å². The normalized spacial score (nSPS) is 13.2. The summed E-state index contributed by atoms with van der Waals surface area (Å²) in [6.45, 7) is 1.57. The first-order valence-corrected chi connectivity index (χ1v) is 6.68. The molecule has 110 valence electrons. The van der Waals surface area contributed by atoms with Gasteiger partial charge in [0.1, 0.15) is 11.8 Å². The molecule has 0 fully saturated rings. The summed E-state index contributed by atoms with van der Waals surface area (Å²) >= 11 is 4.26. The highest BCUT2D eigenvalue weighted by Gasteiger charge is 2.20. The van der Waals surface area contributed by atoms with E-state index in [-0.39, 0.29) is 5.91 Å². The van der Waals surface area contributed by atoms with E-state index < -0.39 is 17.3 Å². The number of benzene rings is 1. The number of hydrogen-bond acceptors (Lipinski definition) is 5. The van der Waals surface area contributed by atoms with Gasteiger partial charge in [-0.05, 0) is 31.0 Å². The average molecular weight is 297 g/mol. The fourth-order valence-corrected chi connectivity index (χ4v) is 1.91. The molecule has 1 aromatic rings. The Labute approximate surface area is 124 Å². The summed E-state index contributed by atoms with van der Waals surface area (Å²) in [4.78, 5) is 23.1. The fourth-order valence-electron chi connectivity index (χ4n) is 1.62. The topological polar surface area (TPSA) is 64.6 Å². The molecule has 0 aliphatic rings. The van der Waals surface area contributed by atoms with Crippen molar-refractivity contribution in [3.8, 4) is 5.75 Å². The summed E-state index contributed by atoms with van der Waals surface area (Å²) in [5.41, 5.74) is 0.965. The zero-order chi connectivity index (χ0) is 15.1. The van der Waals surface area contributed by atoms with Crippen LogP contribution in [0.15, 0.2) is 24.3 Å². The molecule has 0 aliphatic carbocycles. The van der Waals surface area contributed by atoms with E-state index in [1.807, 2.05) is 24.3 Å². The molecular formula is C14H19NO4S. The molecular weight excluding hydrogens is 278 g/mol. The van der Waals surface area contributed by atoms with Crippen LogP contribution in [0.3, 0.4) is 0 Å². The first-order valence-electron chi connectivity index (χ1n) is 6.17. The Morgan fingerprint density at radius 1 is 1.25 bits per heavy atom. The van der Waals surface area contributed by atoms with Crippen molar-refractivity contribution in [3.05, 3.63) is 29.8 Å². The SMILES string of the molecule is COC(=O)[C@H](C)NC(=O)[C@@H](S)Cc1ccc(OC)cc1. The number of thiol groups is 1. The van der Waals surface area contributed by atoms with Crippen molar-refractivity contribution >= 4 is 24.5 Å². The average Bonchev–Trinajstić information content (AvgIpc) is 2.46. The highest BCUT2D eigenvalue weighted by Crippen LogP contribution is 2.14. The van der Waals surface area contributed by atoms with Crippen LogP contribution in [0, 0.1) is 0 Å². The summed E-state index contributed by atoms with van der Waals surface area (Å²) in [6, 6.07) is 6.71. The molecule has 20 heavy (non-hydrogen) atoms. The van der Waals surface area contributed by atoms with E-state index in [4.69, 9.17) is 4.74 Å². The summed E-state index contributed by atoms with van der Waals surface area (Å²) in [6.07, 6.45) is 0.465. The van der Waals surface area contributed by atoms with Gasteiger partial charge in [-0.2, -0.15) is 12.6 Å². The number of hydrogen-bond donors (Lipinski definition) is 2. The highest BCUT2D eigenvalue weighted by molar-refractivity contribution is 7.81. The molecule has 0 aliphatic heterocycles. The largest absolute Gasteiger partial charge is 0.497 e. The van der Waals surface area contributed by atoms with Crippen molar-refractivity contribution in [2.75, 3.05) is 14.2 Å². The van der Waals surface area contributed by atoms with Gasteiger partial charge in [-0.25, -0.2) is 4.79 Å². The number of carbonyl (C=O) groups excluding carboxylic acids is 2. The minimum Gasteiger partial charge on any atom is -0.497 e. The second-order valence-electron chi connectivity index (χ2n) is 4.32. The molecule has 1 rings (SSSR count). The lowest BCUT2D eigenvalue weighted by Gasteiger charge is -2.15. The molecule has 6 heteroatoms. The van der Waals surface area contributed by atoms with Crippen molar-refractivity contribution in [1.82, 2.24) is 5.32 Å². The molecule has 5 nitrogen and oxygen atoms in total. The van der Waals surface area contributed by atoms with Crippen LogP contribution in [-0.4, -0.2) is 37.4 Å². The van der Waals surface area contributed by atoms with Crippen molar-refractivity contribution in [2.24, 2.45) is 0 Å². The van der Waals surface area contributed by atoms with E-state index in [2.05, 4.69) is 22.7 Å². The fraction of sp³-hybridized carbons (Fsp3) is 0.429. The van der Waals surface area contributed by atoms with Gasteiger partial charge in [0.05, 0.1) is 19.5 Å². The molecule has 0 saturated heterocycles. The maximum absolute atomic E-state index is 11.9. The van der Waals surface area contributed by atoms with Gasteiger partial charge in [0.25, 0.3) is 0 Å². The zero-order valence-corrected chi connectivity index (χ0v) is 12.6. The molecule has 1 aromatic carbocycles. The van der Waals surface area contributed by atoms with Crippen molar-refractivity contribution in [2.45, 2.75) is 24.6 Å². The van der Waals surface area contributed by atoms with Crippen molar-refractivity contribution in [3.63, 3.8) is 0 Å². The Kier molecular flexibility index (Phi) is 6.38. The molecule has 0 unspecified atom stereocenters. The van der Waals surface area contributed by atoms with E-state index in [9.17, 15) is 9.59 Å². The smallest absolute Gasteiger partial charge is 0.328 e. The Balaban J connectivity index is 2.54. The molecule has 0 radical (unpaired) electrons. The predicted molar refractivity (Wildman–Crippen MR) is 79.1 cm³/mol. The van der Waals surface area contributed by atoms with E-state index >= 15 is 0 Å². The van der Waals surface area contributed by atoms with Gasteiger partial charge in [0, 0.05) is 0 Å². The Hall–Kier alpha value is -1.69. The monoisotopic (exact) mass is 297 g/mol. The third kappa shape index (κ3) is 4.77. The van der Waals surface area contributed by atoms with Gasteiger partial charge < -0.3 is 14.8 Å². The maximum Gasteiger partial charge on any atom is 0.328 e. The van der Waals surface area contributed by atoms with Crippen LogP contribution in [0.5, 0.6) is 5.75 Å². The number of esters is 1. The van der Waals surface area contributed by atoms with Crippen molar-refractivity contribution < 1.29 is 19.1 Å². The molecule has 0 spiro atoms. The maximum atomic E-state index is 11.9. The summed E-state index contributed by atoms with van der Waals surface area (Å²) < 4.78 is 9.61. The molecule has 2 atom stereocenters.